The van der Waals surface area contributed by atoms with Gasteiger partial charge >= 0.3 is 6.18 Å². The van der Waals surface area contributed by atoms with Gasteiger partial charge in [0, 0.05) is 32.1 Å². The molecule has 2 aromatic carbocycles. The zero-order chi connectivity index (χ0) is 30.2. The Morgan fingerprint density at radius 3 is 2.40 bits per heavy atom. The number of hydrogen-bond acceptors (Lipinski definition) is 7. The Labute approximate surface area is 232 Å². The van der Waals surface area contributed by atoms with Crippen LogP contribution in [0.4, 0.5) is 40.7 Å². The summed E-state index contributed by atoms with van der Waals surface area (Å²) in [5, 5.41) is 5.28. The molecule has 1 amide bonds. The Balaban J connectivity index is 0.00000178. The molecule has 4 N–H and O–H groups in total. The molecule has 14 heteroatoms. The van der Waals surface area contributed by atoms with Crippen LogP contribution in [0.15, 0.2) is 36.5 Å². The molecule has 0 aliphatic heterocycles. The number of halogens is 4. The van der Waals surface area contributed by atoms with E-state index in [0.29, 0.717) is 17.4 Å². The van der Waals surface area contributed by atoms with Crippen molar-refractivity contribution in [3.05, 3.63) is 64.6 Å². The highest BCUT2D eigenvalue weighted by Gasteiger charge is 2.35. The van der Waals surface area contributed by atoms with Crippen molar-refractivity contribution in [3.63, 3.8) is 0 Å². The number of aromatic nitrogens is 2. The van der Waals surface area contributed by atoms with Crippen LogP contribution in [0, 0.1) is 12.7 Å². The van der Waals surface area contributed by atoms with Crippen LogP contribution in [0.25, 0.3) is 0 Å². The first-order valence-corrected chi connectivity index (χ1v) is 13.5. The fourth-order valence-electron chi connectivity index (χ4n) is 3.35. The van der Waals surface area contributed by atoms with E-state index >= 15 is 0 Å². The molecule has 0 saturated carbocycles. The second-order valence-electron chi connectivity index (χ2n) is 8.59. The van der Waals surface area contributed by atoms with Gasteiger partial charge in [-0.25, -0.2) is 13.6 Å². The molecule has 0 saturated heterocycles. The van der Waals surface area contributed by atoms with Gasteiger partial charge in [-0.1, -0.05) is 32.4 Å². The van der Waals surface area contributed by atoms with Crippen molar-refractivity contribution >= 4 is 40.0 Å². The smallest absolute Gasteiger partial charge is 0.421 e. The monoisotopic (exact) mass is 584 g/mol. The summed E-state index contributed by atoms with van der Waals surface area (Å²) >= 11 is 0. The summed E-state index contributed by atoms with van der Waals surface area (Å²) in [5.41, 5.74) is 5.58. The summed E-state index contributed by atoms with van der Waals surface area (Å²) in [6.07, 6.45) is -1.45. The van der Waals surface area contributed by atoms with Gasteiger partial charge in [-0.05, 0) is 30.2 Å². The molecule has 0 fully saturated rings. The molecule has 0 spiro atoms. The van der Waals surface area contributed by atoms with Gasteiger partial charge in [0.15, 0.2) is 0 Å². The summed E-state index contributed by atoms with van der Waals surface area (Å²) in [7, 11) is 1.50. The van der Waals surface area contributed by atoms with Gasteiger partial charge in [0.05, 0.1) is 24.0 Å². The predicted octanol–water partition coefficient (Wildman–Crippen LogP) is 5.55. The molecule has 1 heterocycles. The van der Waals surface area contributed by atoms with Gasteiger partial charge in [-0.3, -0.25) is 9.10 Å². The Hall–Kier alpha value is -3.94. The average molecular weight is 585 g/mol. The average Bonchev–Trinajstić information content (AvgIpc) is 2.87. The highest BCUT2D eigenvalue weighted by molar-refractivity contribution is 7.85. The van der Waals surface area contributed by atoms with Crippen LogP contribution in [0.3, 0.4) is 0 Å². The number of ether oxygens (including phenoxy) is 1. The van der Waals surface area contributed by atoms with E-state index in [1.165, 1.54) is 24.1 Å². The molecular formula is C26H32F4N6O3S. The van der Waals surface area contributed by atoms with Crippen LogP contribution in [0.2, 0.25) is 0 Å². The third-order valence-electron chi connectivity index (χ3n) is 5.31. The minimum absolute atomic E-state index is 0.00638. The number of anilines is 4. The zero-order valence-electron chi connectivity index (χ0n) is 22.9. The van der Waals surface area contributed by atoms with Gasteiger partial charge in [0.2, 0.25) is 5.95 Å². The van der Waals surface area contributed by atoms with Crippen LogP contribution in [-0.4, -0.2) is 40.5 Å². The van der Waals surface area contributed by atoms with Gasteiger partial charge in [0.25, 0.3) is 5.91 Å². The van der Waals surface area contributed by atoms with Crippen molar-refractivity contribution in [3.8, 4) is 5.75 Å². The van der Waals surface area contributed by atoms with Crippen molar-refractivity contribution in [2.75, 3.05) is 35.4 Å². The predicted molar refractivity (Wildman–Crippen MR) is 149 cm³/mol. The first-order chi connectivity index (χ1) is 18.7. The molecule has 40 heavy (non-hydrogen) atoms. The SMILES string of the molecule is CCC.COc1cc(C(N)=O)c(F)cc1Nc1ncc(C(F)(F)F)c(NCc2ccc(C)cc2N(C)S(C)=O)n1. The van der Waals surface area contributed by atoms with Crippen molar-refractivity contribution in [2.24, 2.45) is 5.73 Å². The third-order valence-corrected chi connectivity index (χ3v) is 6.28. The second-order valence-corrected chi connectivity index (χ2v) is 9.98. The van der Waals surface area contributed by atoms with Crippen molar-refractivity contribution in [1.29, 1.82) is 0 Å². The molecule has 0 bridgehead atoms. The van der Waals surface area contributed by atoms with Crippen LogP contribution in [-0.2, 0) is 23.7 Å². The maximum Gasteiger partial charge on any atom is 0.421 e. The van der Waals surface area contributed by atoms with E-state index < -0.39 is 45.8 Å². The van der Waals surface area contributed by atoms with Gasteiger partial charge in [-0.15, -0.1) is 0 Å². The molecule has 9 nitrogen and oxygen atoms in total. The molecule has 3 rings (SSSR count). The topological polar surface area (TPSA) is 122 Å². The fraction of sp³-hybridized carbons (Fsp3) is 0.346. The molecule has 1 atom stereocenters. The largest absolute Gasteiger partial charge is 0.495 e. The lowest BCUT2D eigenvalue weighted by atomic mass is 10.1. The quantitative estimate of drug-likeness (QED) is 0.282. The van der Waals surface area contributed by atoms with Crippen molar-refractivity contribution < 1.29 is 31.3 Å². The number of nitrogens with two attached hydrogens (primary N) is 1. The summed E-state index contributed by atoms with van der Waals surface area (Å²) < 4.78 is 74.0. The molecule has 218 valence electrons. The zero-order valence-corrected chi connectivity index (χ0v) is 23.8. The number of methoxy groups -OCH3 is 1. The molecule has 0 aliphatic rings. The Kier molecular flexibility index (Phi) is 11.2. The molecule has 3 aromatic rings. The maximum atomic E-state index is 14.3. The Bertz CT molecular complexity index is 1370. The third kappa shape index (κ3) is 8.28. The fourth-order valence-corrected chi connectivity index (χ4v) is 3.79. The molecular weight excluding hydrogens is 552 g/mol. The molecule has 1 aromatic heterocycles. The standard InChI is InChI=1S/C23H24F4N6O3S.C3H8/c1-12-5-6-13(18(7-12)33(2)37(4)35)10-29-21-15(23(25,26)27)11-30-22(32-21)31-17-9-16(24)14(20(28)34)8-19(17)36-3;1-3-2/h5-9,11H,10H2,1-4H3,(H2,28,34)(H2,29,30,31,32);3H2,1-2H3. The van der Waals surface area contributed by atoms with E-state index in [-0.39, 0.29) is 23.9 Å². The number of alkyl halides is 3. The van der Waals surface area contributed by atoms with Gasteiger partial charge < -0.3 is 21.1 Å². The number of hydrogen-bond donors (Lipinski definition) is 3. The normalized spacial score (nSPS) is 11.7. The highest BCUT2D eigenvalue weighted by Crippen LogP contribution is 2.36. The molecule has 0 aliphatic carbocycles. The van der Waals surface area contributed by atoms with E-state index in [2.05, 4.69) is 34.4 Å². The summed E-state index contributed by atoms with van der Waals surface area (Å²) in [6.45, 7) is 6.01. The van der Waals surface area contributed by atoms with Crippen molar-refractivity contribution in [1.82, 2.24) is 9.97 Å². The van der Waals surface area contributed by atoms with Crippen LogP contribution in [0.1, 0.15) is 47.3 Å². The minimum Gasteiger partial charge on any atom is -0.495 e. The number of primary amides is 1. The first kappa shape index (κ1) is 32.3. The Morgan fingerprint density at radius 1 is 1.20 bits per heavy atom. The van der Waals surface area contributed by atoms with Crippen LogP contribution >= 0.6 is 0 Å². The molecule has 1 unspecified atom stereocenters. The first-order valence-electron chi connectivity index (χ1n) is 12.0. The van der Waals surface area contributed by atoms with Crippen LogP contribution < -0.4 is 25.4 Å². The number of nitrogens with one attached hydrogen (secondary N) is 2. The number of carbonyl (C=O) groups excluding carboxylic acids is 1. The summed E-state index contributed by atoms with van der Waals surface area (Å²) in [4.78, 5) is 19.0. The van der Waals surface area contributed by atoms with E-state index in [9.17, 15) is 26.6 Å². The van der Waals surface area contributed by atoms with Crippen molar-refractivity contribution in [2.45, 2.75) is 39.9 Å². The van der Waals surface area contributed by atoms with E-state index in [4.69, 9.17) is 10.5 Å². The Morgan fingerprint density at radius 2 is 1.85 bits per heavy atom. The van der Waals surface area contributed by atoms with E-state index in [1.807, 2.05) is 6.92 Å². The van der Waals surface area contributed by atoms with E-state index in [1.54, 1.807) is 25.2 Å². The number of benzene rings is 2. The minimum atomic E-state index is -4.77. The van der Waals surface area contributed by atoms with Gasteiger partial charge in [0.1, 0.15) is 33.9 Å². The number of amides is 1. The lowest BCUT2D eigenvalue weighted by Crippen LogP contribution is -2.21. The number of carbonyl (C=O) groups is 1. The van der Waals surface area contributed by atoms with E-state index in [0.717, 1.165) is 17.7 Å². The molecule has 0 radical (unpaired) electrons. The van der Waals surface area contributed by atoms with Gasteiger partial charge in [-0.2, -0.15) is 18.2 Å². The van der Waals surface area contributed by atoms with Crippen LogP contribution in [0.5, 0.6) is 5.75 Å². The number of nitrogens with zero attached hydrogens (tertiary/aromatic N) is 3. The summed E-state index contributed by atoms with van der Waals surface area (Å²) in [5.74, 6) is -2.83. The lowest BCUT2D eigenvalue weighted by molar-refractivity contribution is -0.137. The highest BCUT2D eigenvalue weighted by atomic mass is 32.2. The maximum absolute atomic E-state index is 14.3. The second kappa shape index (κ2) is 13.9. The summed E-state index contributed by atoms with van der Waals surface area (Å²) in [6, 6.07) is 7.21. The number of aryl methyl sites for hydroxylation is 1. The number of rotatable bonds is 9. The lowest BCUT2D eigenvalue weighted by Gasteiger charge is -2.21.